The van der Waals surface area contributed by atoms with Crippen LogP contribution >= 0.6 is 0 Å². The molecule has 36 heavy (non-hydrogen) atoms. The van der Waals surface area contributed by atoms with Crippen LogP contribution in [0, 0.1) is 0 Å². The molecule has 0 aromatic carbocycles. The van der Waals surface area contributed by atoms with Crippen LogP contribution in [0.25, 0.3) is 0 Å². The van der Waals surface area contributed by atoms with E-state index in [-0.39, 0.29) is 0 Å². The summed E-state index contributed by atoms with van der Waals surface area (Å²) >= 11 is 0. The molecule has 0 heteroatoms. The van der Waals surface area contributed by atoms with Crippen LogP contribution in [0.2, 0.25) is 0 Å². The summed E-state index contributed by atoms with van der Waals surface area (Å²) in [5.74, 6) is 0. The van der Waals surface area contributed by atoms with Gasteiger partial charge in [0.25, 0.3) is 0 Å². The molecular formula is C36H68. The lowest BCUT2D eigenvalue weighted by Gasteiger charge is -2.03. The van der Waals surface area contributed by atoms with Gasteiger partial charge < -0.3 is 0 Å². The Hall–Kier alpha value is -0.780. The Balaban J connectivity index is 3.13. The first-order valence-corrected chi connectivity index (χ1v) is 16.9. The van der Waals surface area contributed by atoms with Gasteiger partial charge in [-0.05, 0) is 57.8 Å². The molecule has 0 spiro atoms. The van der Waals surface area contributed by atoms with E-state index >= 15 is 0 Å². The fraction of sp³-hybridized carbons (Fsp3) is 0.833. The van der Waals surface area contributed by atoms with Crippen molar-refractivity contribution in [1.82, 2.24) is 0 Å². The molecule has 0 rings (SSSR count). The molecule has 0 aromatic heterocycles. The number of unbranched alkanes of at least 4 members (excludes halogenated alkanes) is 24. The van der Waals surface area contributed by atoms with Gasteiger partial charge in [0.1, 0.15) is 0 Å². The average Bonchev–Trinajstić information content (AvgIpc) is 2.89. The summed E-state index contributed by atoms with van der Waals surface area (Å²) in [7, 11) is 0. The largest absolute Gasteiger partial charge is 0.0885 e. The molecule has 0 nitrogen and oxygen atoms in total. The lowest BCUT2D eigenvalue weighted by atomic mass is 10.0. The SMILES string of the molecule is CCCCCC=CCC=CCCCCCCCCCCCCCCCCC=CCCCCCCCC. The van der Waals surface area contributed by atoms with E-state index < -0.39 is 0 Å². The first kappa shape index (κ1) is 35.2. The third-order valence-corrected chi connectivity index (χ3v) is 7.46. The Morgan fingerprint density at radius 2 is 0.472 bits per heavy atom. The predicted octanol–water partition coefficient (Wildman–Crippen LogP) is 13.6. The van der Waals surface area contributed by atoms with E-state index in [0.29, 0.717) is 0 Å². The monoisotopic (exact) mass is 501 g/mol. The minimum Gasteiger partial charge on any atom is -0.0885 e. The third-order valence-electron chi connectivity index (χ3n) is 7.46. The van der Waals surface area contributed by atoms with Crippen LogP contribution in [0.4, 0.5) is 0 Å². The Bertz CT molecular complexity index is 455. The van der Waals surface area contributed by atoms with Crippen molar-refractivity contribution in [3.8, 4) is 0 Å². The molecule has 0 aromatic rings. The lowest BCUT2D eigenvalue weighted by molar-refractivity contribution is 0.534. The number of allylic oxidation sites excluding steroid dienone is 6. The molecule has 0 amide bonds. The van der Waals surface area contributed by atoms with Gasteiger partial charge in [0, 0.05) is 0 Å². The van der Waals surface area contributed by atoms with Gasteiger partial charge in [-0.3, -0.25) is 0 Å². The lowest BCUT2D eigenvalue weighted by Crippen LogP contribution is -1.83. The van der Waals surface area contributed by atoms with Crippen LogP contribution < -0.4 is 0 Å². The van der Waals surface area contributed by atoms with Crippen molar-refractivity contribution < 1.29 is 0 Å². The van der Waals surface area contributed by atoms with Crippen molar-refractivity contribution >= 4 is 0 Å². The molecule has 0 bridgehead atoms. The van der Waals surface area contributed by atoms with Crippen molar-refractivity contribution in [2.75, 3.05) is 0 Å². The predicted molar refractivity (Wildman–Crippen MR) is 168 cm³/mol. The average molecular weight is 501 g/mol. The quantitative estimate of drug-likeness (QED) is 0.0679. The summed E-state index contributed by atoms with van der Waals surface area (Å²) in [4.78, 5) is 0. The highest BCUT2D eigenvalue weighted by molar-refractivity contribution is 4.92. The van der Waals surface area contributed by atoms with Gasteiger partial charge >= 0.3 is 0 Å². The fourth-order valence-corrected chi connectivity index (χ4v) is 4.94. The zero-order valence-electron chi connectivity index (χ0n) is 25.3. The van der Waals surface area contributed by atoms with E-state index in [0.717, 1.165) is 6.42 Å². The van der Waals surface area contributed by atoms with E-state index in [2.05, 4.69) is 50.3 Å². The Morgan fingerprint density at radius 1 is 0.250 bits per heavy atom. The topological polar surface area (TPSA) is 0 Å². The van der Waals surface area contributed by atoms with Gasteiger partial charge in [-0.25, -0.2) is 0 Å². The zero-order chi connectivity index (χ0) is 26.0. The highest BCUT2D eigenvalue weighted by Gasteiger charge is 1.94. The molecule has 0 aliphatic heterocycles. The summed E-state index contributed by atoms with van der Waals surface area (Å²) in [6.45, 7) is 4.57. The van der Waals surface area contributed by atoms with Crippen LogP contribution in [-0.4, -0.2) is 0 Å². The summed E-state index contributed by atoms with van der Waals surface area (Å²) in [6, 6.07) is 0. The molecule has 0 saturated heterocycles. The van der Waals surface area contributed by atoms with Crippen molar-refractivity contribution in [3.63, 3.8) is 0 Å². The Labute approximate surface area is 229 Å². The molecule has 0 saturated carbocycles. The molecule has 0 aliphatic carbocycles. The summed E-state index contributed by atoms with van der Waals surface area (Å²) in [5.41, 5.74) is 0. The zero-order valence-corrected chi connectivity index (χ0v) is 25.3. The second-order valence-electron chi connectivity index (χ2n) is 11.2. The fourth-order valence-electron chi connectivity index (χ4n) is 4.94. The van der Waals surface area contributed by atoms with Crippen molar-refractivity contribution in [2.24, 2.45) is 0 Å². The van der Waals surface area contributed by atoms with E-state index in [1.54, 1.807) is 0 Å². The molecule has 0 radical (unpaired) electrons. The summed E-state index contributed by atoms with van der Waals surface area (Å²) in [6.07, 6.45) is 53.4. The standard InChI is InChI=1S/C36H68/c1-3-5-7-9-11-13-15-17-19-21-23-25-27-29-31-33-35-36-34-32-30-28-26-24-22-20-18-16-14-12-10-8-6-4-2/h11,13,17-20H,3-10,12,14-16,21-36H2,1-2H3. The summed E-state index contributed by atoms with van der Waals surface area (Å²) in [5, 5.41) is 0. The maximum Gasteiger partial charge on any atom is -0.0169 e. The van der Waals surface area contributed by atoms with Gasteiger partial charge in [0.2, 0.25) is 0 Å². The minimum absolute atomic E-state index is 1.13. The van der Waals surface area contributed by atoms with E-state index in [1.165, 1.54) is 173 Å². The third kappa shape index (κ3) is 33.2. The second kappa shape index (κ2) is 34.2. The summed E-state index contributed by atoms with van der Waals surface area (Å²) < 4.78 is 0. The normalized spacial score (nSPS) is 12.2. The van der Waals surface area contributed by atoms with Crippen molar-refractivity contribution in [3.05, 3.63) is 36.5 Å². The highest BCUT2D eigenvalue weighted by atomic mass is 14.0. The Morgan fingerprint density at radius 3 is 0.806 bits per heavy atom. The van der Waals surface area contributed by atoms with Gasteiger partial charge in [-0.2, -0.15) is 0 Å². The number of rotatable bonds is 30. The van der Waals surface area contributed by atoms with Crippen LogP contribution in [-0.2, 0) is 0 Å². The smallest absolute Gasteiger partial charge is 0.0169 e. The van der Waals surface area contributed by atoms with E-state index in [9.17, 15) is 0 Å². The molecule has 212 valence electrons. The molecular weight excluding hydrogens is 432 g/mol. The van der Waals surface area contributed by atoms with E-state index in [4.69, 9.17) is 0 Å². The van der Waals surface area contributed by atoms with E-state index in [1.807, 2.05) is 0 Å². The first-order chi connectivity index (χ1) is 17.9. The maximum absolute atomic E-state index is 2.44. The van der Waals surface area contributed by atoms with Gasteiger partial charge in [0.15, 0.2) is 0 Å². The van der Waals surface area contributed by atoms with Gasteiger partial charge in [-0.1, -0.05) is 172 Å². The van der Waals surface area contributed by atoms with Crippen molar-refractivity contribution in [1.29, 1.82) is 0 Å². The molecule has 0 fully saturated rings. The molecule has 0 aliphatic rings. The van der Waals surface area contributed by atoms with Crippen LogP contribution in [0.15, 0.2) is 36.5 Å². The first-order valence-electron chi connectivity index (χ1n) is 16.9. The van der Waals surface area contributed by atoms with Crippen molar-refractivity contribution in [2.45, 2.75) is 194 Å². The molecule has 0 atom stereocenters. The molecule has 0 heterocycles. The highest BCUT2D eigenvalue weighted by Crippen LogP contribution is 2.14. The van der Waals surface area contributed by atoms with Crippen LogP contribution in [0.5, 0.6) is 0 Å². The number of hydrogen-bond acceptors (Lipinski definition) is 0. The van der Waals surface area contributed by atoms with Crippen LogP contribution in [0.1, 0.15) is 194 Å². The molecule has 0 unspecified atom stereocenters. The second-order valence-corrected chi connectivity index (χ2v) is 11.2. The maximum atomic E-state index is 2.44. The minimum atomic E-state index is 1.13. The van der Waals surface area contributed by atoms with Gasteiger partial charge in [0.05, 0.1) is 0 Å². The van der Waals surface area contributed by atoms with Gasteiger partial charge in [-0.15, -0.1) is 0 Å². The number of hydrogen-bond donors (Lipinski definition) is 0. The molecule has 0 N–H and O–H groups in total. The van der Waals surface area contributed by atoms with Crippen LogP contribution in [0.3, 0.4) is 0 Å². The Kier molecular flexibility index (Phi) is 33.5.